The summed E-state index contributed by atoms with van der Waals surface area (Å²) >= 11 is 1.41. The van der Waals surface area contributed by atoms with Gasteiger partial charge in [-0.25, -0.2) is 9.59 Å². The zero-order chi connectivity index (χ0) is 20.7. The fraction of sp³-hybridized carbons (Fsp3) is 0.579. The fourth-order valence-corrected chi connectivity index (χ4v) is 4.45. The van der Waals surface area contributed by atoms with Crippen molar-refractivity contribution in [2.24, 2.45) is 11.3 Å². The normalized spacial score (nSPS) is 23.4. The summed E-state index contributed by atoms with van der Waals surface area (Å²) < 4.78 is 4.76. The third kappa shape index (κ3) is 3.50. The molecule has 2 atom stereocenters. The molecule has 1 aromatic rings. The summed E-state index contributed by atoms with van der Waals surface area (Å²) in [4.78, 5) is 52.1. The van der Waals surface area contributed by atoms with Crippen LogP contribution in [-0.2, 0) is 24.7 Å². The van der Waals surface area contributed by atoms with Crippen LogP contribution in [0.2, 0.25) is 0 Å². The second-order valence-corrected chi connectivity index (χ2v) is 9.22. The van der Waals surface area contributed by atoms with Gasteiger partial charge in [-0.15, -0.1) is 11.3 Å². The molecule has 9 heteroatoms. The molecule has 1 saturated heterocycles. The van der Waals surface area contributed by atoms with Gasteiger partial charge in [-0.05, 0) is 35.6 Å². The number of esters is 1. The van der Waals surface area contributed by atoms with Gasteiger partial charge in [0, 0.05) is 4.88 Å². The Morgan fingerprint density at radius 2 is 2.07 bits per heavy atom. The molecule has 0 spiro atoms. The van der Waals surface area contributed by atoms with Crippen LogP contribution in [0.25, 0.3) is 0 Å². The maximum atomic E-state index is 13.2. The lowest BCUT2D eigenvalue weighted by Gasteiger charge is -2.29. The molecule has 0 aromatic carbocycles. The van der Waals surface area contributed by atoms with Crippen molar-refractivity contribution >= 4 is 35.2 Å². The summed E-state index contributed by atoms with van der Waals surface area (Å²) in [5, 5.41) is 7.29. The standard InChI is InChI=1S/C19H25N3O5S/c1-18(2,3)14(15(24)27-4)20-13(23)10-22-16(25)19(11-7-8-11,21-17(22)26)12-6-5-9-28-12/h5-6,9,11,14H,7-8,10H2,1-4H3,(H,20,23)(H,21,26)/t14-,19?/m1/s1. The van der Waals surface area contributed by atoms with E-state index in [4.69, 9.17) is 4.74 Å². The van der Waals surface area contributed by atoms with E-state index < -0.39 is 47.4 Å². The Kier molecular flexibility index (Phi) is 5.22. The first-order valence-corrected chi connectivity index (χ1v) is 10.0. The van der Waals surface area contributed by atoms with Crippen LogP contribution >= 0.6 is 11.3 Å². The maximum Gasteiger partial charge on any atom is 0.328 e. The number of hydrogen-bond acceptors (Lipinski definition) is 6. The molecule has 8 nitrogen and oxygen atoms in total. The molecule has 0 bridgehead atoms. The highest BCUT2D eigenvalue weighted by molar-refractivity contribution is 7.10. The summed E-state index contributed by atoms with van der Waals surface area (Å²) in [5.74, 6) is -1.55. The largest absolute Gasteiger partial charge is 0.467 e. The van der Waals surface area contributed by atoms with Gasteiger partial charge in [-0.2, -0.15) is 0 Å². The summed E-state index contributed by atoms with van der Waals surface area (Å²) in [5.41, 5.74) is -1.67. The van der Waals surface area contributed by atoms with Gasteiger partial charge in [0.1, 0.15) is 12.6 Å². The van der Waals surface area contributed by atoms with Crippen LogP contribution in [0.1, 0.15) is 38.5 Å². The molecule has 1 aliphatic heterocycles. The summed E-state index contributed by atoms with van der Waals surface area (Å²) in [6.07, 6.45) is 1.69. The number of methoxy groups -OCH3 is 1. The SMILES string of the molecule is COC(=O)[C@@H](NC(=O)CN1C(=O)NC(c2cccs2)(C2CC2)C1=O)C(C)(C)C. The van der Waals surface area contributed by atoms with Gasteiger partial charge in [0.2, 0.25) is 5.91 Å². The van der Waals surface area contributed by atoms with Crippen LogP contribution in [-0.4, -0.2) is 48.4 Å². The molecule has 152 valence electrons. The van der Waals surface area contributed by atoms with E-state index in [2.05, 4.69) is 10.6 Å². The maximum absolute atomic E-state index is 13.2. The average molecular weight is 407 g/mol. The second-order valence-electron chi connectivity index (χ2n) is 8.27. The van der Waals surface area contributed by atoms with Gasteiger partial charge in [-0.1, -0.05) is 26.8 Å². The molecule has 0 radical (unpaired) electrons. The van der Waals surface area contributed by atoms with E-state index in [-0.39, 0.29) is 5.92 Å². The molecule has 2 aliphatic rings. The molecule has 4 amide bonds. The lowest BCUT2D eigenvalue weighted by atomic mass is 9.86. The van der Waals surface area contributed by atoms with Gasteiger partial charge in [0.05, 0.1) is 7.11 Å². The number of thiophene rings is 1. The highest BCUT2D eigenvalue weighted by atomic mass is 32.1. The average Bonchev–Trinajstić information content (AvgIpc) is 3.27. The zero-order valence-electron chi connectivity index (χ0n) is 16.4. The van der Waals surface area contributed by atoms with Crippen molar-refractivity contribution < 1.29 is 23.9 Å². The van der Waals surface area contributed by atoms with E-state index >= 15 is 0 Å². The van der Waals surface area contributed by atoms with E-state index in [0.717, 1.165) is 22.6 Å². The second kappa shape index (κ2) is 7.20. The van der Waals surface area contributed by atoms with Crippen LogP contribution in [0.3, 0.4) is 0 Å². The molecule has 2 N–H and O–H groups in total. The predicted molar refractivity (Wildman–Crippen MR) is 102 cm³/mol. The third-order valence-electron chi connectivity index (χ3n) is 5.14. The first kappa shape index (κ1) is 20.3. The Morgan fingerprint density at radius 1 is 1.39 bits per heavy atom. The number of ether oxygens (including phenoxy) is 1. The van der Waals surface area contributed by atoms with E-state index in [1.54, 1.807) is 20.8 Å². The molecular formula is C19H25N3O5S. The Labute approximate surface area is 167 Å². The lowest BCUT2D eigenvalue weighted by molar-refractivity contribution is -0.148. The van der Waals surface area contributed by atoms with Crippen molar-refractivity contribution in [1.29, 1.82) is 0 Å². The van der Waals surface area contributed by atoms with Gasteiger partial charge in [0.15, 0.2) is 5.54 Å². The Morgan fingerprint density at radius 3 is 2.57 bits per heavy atom. The van der Waals surface area contributed by atoms with Gasteiger partial charge < -0.3 is 15.4 Å². The Bertz CT molecular complexity index is 797. The van der Waals surface area contributed by atoms with Crippen molar-refractivity contribution in [3.05, 3.63) is 22.4 Å². The van der Waals surface area contributed by atoms with E-state index in [9.17, 15) is 19.2 Å². The molecule has 2 heterocycles. The minimum atomic E-state index is -1.09. The smallest absolute Gasteiger partial charge is 0.328 e. The molecule has 28 heavy (non-hydrogen) atoms. The van der Waals surface area contributed by atoms with Crippen LogP contribution in [0, 0.1) is 11.3 Å². The molecule has 1 aliphatic carbocycles. The first-order valence-electron chi connectivity index (χ1n) is 9.16. The predicted octanol–water partition coefficient (Wildman–Crippen LogP) is 1.61. The van der Waals surface area contributed by atoms with Crippen molar-refractivity contribution in [2.75, 3.05) is 13.7 Å². The lowest BCUT2D eigenvalue weighted by Crippen LogP contribution is -2.53. The van der Waals surface area contributed by atoms with Crippen molar-refractivity contribution in [1.82, 2.24) is 15.5 Å². The van der Waals surface area contributed by atoms with Crippen LogP contribution in [0.4, 0.5) is 4.79 Å². The summed E-state index contributed by atoms with van der Waals surface area (Å²) in [7, 11) is 1.25. The highest BCUT2D eigenvalue weighted by Crippen LogP contribution is 2.50. The minimum Gasteiger partial charge on any atom is -0.467 e. The number of nitrogens with zero attached hydrogens (tertiary/aromatic N) is 1. The van der Waals surface area contributed by atoms with E-state index in [0.29, 0.717) is 0 Å². The van der Waals surface area contributed by atoms with Crippen molar-refractivity contribution in [3.8, 4) is 0 Å². The highest BCUT2D eigenvalue weighted by Gasteiger charge is 2.61. The monoisotopic (exact) mass is 407 g/mol. The quantitative estimate of drug-likeness (QED) is 0.551. The number of carbonyl (C=O) groups excluding carboxylic acids is 4. The first-order chi connectivity index (χ1) is 13.1. The molecule has 1 aromatic heterocycles. The van der Waals surface area contributed by atoms with Crippen LogP contribution < -0.4 is 10.6 Å². The molecule has 1 saturated carbocycles. The minimum absolute atomic E-state index is 0.0352. The summed E-state index contributed by atoms with van der Waals surface area (Å²) in [6.45, 7) is 4.92. The van der Waals surface area contributed by atoms with Crippen molar-refractivity contribution in [3.63, 3.8) is 0 Å². The van der Waals surface area contributed by atoms with Crippen LogP contribution in [0.15, 0.2) is 17.5 Å². The molecular weight excluding hydrogens is 382 g/mol. The van der Waals surface area contributed by atoms with Gasteiger partial charge >= 0.3 is 12.0 Å². The van der Waals surface area contributed by atoms with E-state index in [1.807, 2.05) is 17.5 Å². The fourth-order valence-electron chi connectivity index (χ4n) is 3.50. The summed E-state index contributed by atoms with van der Waals surface area (Å²) in [6, 6.07) is 2.18. The molecule has 1 unspecified atom stereocenters. The van der Waals surface area contributed by atoms with Crippen LogP contribution in [0.5, 0.6) is 0 Å². The van der Waals surface area contributed by atoms with Gasteiger partial charge in [0.25, 0.3) is 5.91 Å². The Hall–Kier alpha value is -2.42. The van der Waals surface area contributed by atoms with Gasteiger partial charge in [-0.3, -0.25) is 14.5 Å². The number of urea groups is 1. The third-order valence-corrected chi connectivity index (χ3v) is 6.15. The molecule has 3 rings (SSSR count). The van der Waals surface area contributed by atoms with Crippen molar-refractivity contribution in [2.45, 2.75) is 45.2 Å². The van der Waals surface area contributed by atoms with E-state index in [1.165, 1.54) is 18.4 Å². The number of carbonyl (C=O) groups is 4. The topological polar surface area (TPSA) is 105 Å². The zero-order valence-corrected chi connectivity index (χ0v) is 17.2. The Balaban J connectivity index is 1.77. The number of nitrogens with one attached hydrogen (secondary N) is 2. The number of imide groups is 1. The molecule has 2 fully saturated rings. The number of hydrogen-bond donors (Lipinski definition) is 2. The number of amides is 4. The number of rotatable bonds is 6.